The van der Waals surface area contributed by atoms with E-state index in [9.17, 15) is 51.1 Å². The lowest BCUT2D eigenvalue weighted by molar-refractivity contribution is -0.348. The van der Waals surface area contributed by atoms with Gasteiger partial charge in [-0.15, -0.1) is 0 Å². The van der Waals surface area contributed by atoms with Crippen LogP contribution in [0.5, 0.6) is 28.7 Å². The van der Waals surface area contributed by atoms with E-state index in [-0.39, 0.29) is 39.5 Å². The number of phenolic OH excluding ortho intramolecular Hbond substituents is 4. The van der Waals surface area contributed by atoms with E-state index in [0.717, 1.165) is 12.1 Å². The Morgan fingerprint density at radius 2 is 1.48 bits per heavy atom. The number of fused-ring (bicyclic) bond motifs is 1. The highest BCUT2D eigenvalue weighted by Crippen LogP contribution is 2.42. The largest absolute Gasteiger partial charge is 0.507 e. The summed E-state index contributed by atoms with van der Waals surface area (Å²) in [4.78, 5) is 0. The molecule has 3 aromatic rings. The van der Waals surface area contributed by atoms with Crippen LogP contribution in [0.15, 0.2) is 40.8 Å². The number of hydrogen-bond acceptors (Lipinski definition) is 14. The molecule has 10 N–H and O–H groups in total. The number of hydrogen-bond donors (Lipinski definition) is 10. The lowest BCUT2D eigenvalue weighted by Gasteiger charge is -2.45. The minimum atomic E-state index is -1.79. The van der Waals surface area contributed by atoms with Crippen LogP contribution < -0.4 is 4.74 Å². The van der Waals surface area contributed by atoms with Crippen molar-refractivity contribution in [2.45, 2.75) is 68.3 Å². The number of aliphatic hydroxyl groups excluding tert-OH is 6. The molecule has 15 heteroatoms. The van der Waals surface area contributed by atoms with E-state index >= 15 is 0 Å². The highest BCUT2D eigenvalue weighted by Gasteiger charge is 2.50. The van der Waals surface area contributed by atoms with Crippen molar-refractivity contribution < 1.29 is 74.4 Å². The SMILES string of the molecule is C[C@@H]1OC(Oc2cc3c(O)cc(O)cc3[o+]c2-c2ccc(O)c(O)c2)[C@H](O)[C@H](O)[C@H]1O[C@@H]1O[C@H](CO)[C@@H](O)[C@H](O)[C@H]1O. The first kappa shape index (κ1) is 30.0. The number of aliphatic hydroxyl groups is 6. The smallest absolute Gasteiger partial charge is 0.402 e. The van der Waals surface area contributed by atoms with Gasteiger partial charge in [0.05, 0.1) is 24.3 Å². The Labute approximate surface area is 237 Å². The van der Waals surface area contributed by atoms with Gasteiger partial charge in [-0.25, -0.2) is 4.42 Å². The van der Waals surface area contributed by atoms with Gasteiger partial charge in [-0.3, -0.25) is 0 Å². The van der Waals surface area contributed by atoms with Gasteiger partial charge in [-0.2, -0.15) is 0 Å². The van der Waals surface area contributed by atoms with Crippen molar-refractivity contribution in [3.05, 3.63) is 36.4 Å². The zero-order valence-electron chi connectivity index (χ0n) is 22.0. The van der Waals surface area contributed by atoms with Crippen LogP contribution in [0.2, 0.25) is 0 Å². The molecule has 2 saturated heterocycles. The van der Waals surface area contributed by atoms with Crippen LogP contribution in [-0.2, 0) is 14.2 Å². The first-order valence-electron chi connectivity index (χ1n) is 12.9. The lowest BCUT2D eigenvalue weighted by Crippen LogP contribution is -2.64. The van der Waals surface area contributed by atoms with Gasteiger partial charge in [0.15, 0.2) is 17.8 Å². The number of phenols is 4. The summed E-state index contributed by atoms with van der Waals surface area (Å²) in [5.41, 5.74) is 0.210. The Bertz CT molecular complexity index is 1430. The molecular formula is C27H31O15+. The lowest BCUT2D eigenvalue weighted by atomic mass is 9.97. The summed E-state index contributed by atoms with van der Waals surface area (Å²) in [6.07, 6.45) is -15.4. The third-order valence-electron chi connectivity index (χ3n) is 7.21. The maximum atomic E-state index is 10.9. The molecule has 0 aliphatic carbocycles. The zero-order valence-corrected chi connectivity index (χ0v) is 22.0. The van der Waals surface area contributed by atoms with Crippen LogP contribution in [0.3, 0.4) is 0 Å². The minimum absolute atomic E-state index is 0.0221. The van der Waals surface area contributed by atoms with Crippen molar-refractivity contribution in [2.75, 3.05) is 6.61 Å². The monoisotopic (exact) mass is 595 g/mol. The van der Waals surface area contributed by atoms with E-state index in [0.29, 0.717) is 0 Å². The van der Waals surface area contributed by atoms with Crippen molar-refractivity contribution >= 4 is 11.0 Å². The maximum Gasteiger partial charge on any atom is 0.402 e. The fraction of sp³-hybridized carbons (Fsp3) is 0.444. The molecular weight excluding hydrogens is 564 g/mol. The molecule has 1 unspecified atom stereocenters. The molecule has 2 aromatic carbocycles. The van der Waals surface area contributed by atoms with E-state index in [1.54, 1.807) is 0 Å². The van der Waals surface area contributed by atoms with Gasteiger partial charge < -0.3 is 70.0 Å². The Hall–Kier alpha value is -3.51. The standard InChI is InChI=1S/C27H30O15/c1-9-24(42-27-22(36)20(34)19(33)18(8-28)41-27)21(35)23(37)26(38-9)40-17-7-12-14(31)5-11(29)6-16(12)39-25(17)10-2-3-13(30)15(32)4-10/h2-7,9,18-24,26-28,33-37H,8H2,1H3,(H3-,29,30,31,32)/p+1/t9-,18+,19+,20-,21-,22+,23+,24-,26?,27-/m0/s1. The van der Waals surface area contributed by atoms with Crippen molar-refractivity contribution in [1.82, 2.24) is 0 Å². The molecule has 2 fully saturated rings. The minimum Gasteiger partial charge on any atom is -0.507 e. The van der Waals surface area contributed by atoms with Gasteiger partial charge in [0.25, 0.3) is 0 Å². The van der Waals surface area contributed by atoms with Crippen LogP contribution in [0.25, 0.3) is 22.3 Å². The molecule has 0 spiro atoms. The molecule has 2 aliphatic rings. The predicted octanol–water partition coefficient (Wildman–Crippen LogP) is -0.766. The van der Waals surface area contributed by atoms with Crippen LogP contribution in [0.4, 0.5) is 0 Å². The van der Waals surface area contributed by atoms with Crippen molar-refractivity contribution in [3.8, 4) is 40.1 Å². The van der Waals surface area contributed by atoms with Gasteiger partial charge >= 0.3 is 11.3 Å². The molecule has 3 heterocycles. The normalized spacial score (nSPS) is 33.5. The molecule has 1 aromatic heterocycles. The molecule has 42 heavy (non-hydrogen) atoms. The summed E-state index contributed by atoms with van der Waals surface area (Å²) in [7, 11) is 0. The first-order valence-corrected chi connectivity index (χ1v) is 12.9. The van der Waals surface area contributed by atoms with E-state index in [1.165, 1.54) is 31.2 Å². The maximum absolute atomic E-state index is 10.9. The molecule has 10 atom stereocenters. The van der Waals surface area contributed by atoms with Crippen LogP contribution in [0.1, 0.15) is 6.92 Å². The second-order valence-corrected chi connectivity index (χ2v) is 10.1. The third-order valence-corrected chi connectivity index (χ3v) is 7.21. The van der Waals surface area contributed by atoms with Gasteiger partial charge in [-0.1, -0.05) is 0 Å². The Kier molecular flexibility index (Phi) is 8.30. The van der Waals surface area contributed by atoms with Crippen LogP contribution in [0, 0.1) is 0 Å². The van der Waals surface area contributed by atoms with E-state index in [1.807, 2.05) is 0 Å². The predicted molar refractivity (Wildman–Crippen MR) is 138 cm³/mol. The van der Waals surface area contributed by atoms with Crippen molar-refractivity contribution in [1.29, 1.82) is 0 Å². The first-order chi connectivity index (χ1) is 19.9. The van der Waals surface area contributed by atoms with Gasteiger partial charge in [0.2, 0.25) is 12.0 Å². The molecule has 0 bridgehead atoms. The average Bonchev–Trinajstić information content (AvgIpc) is 2.95. The van der Waals surface area contributed by atoms with Crippen molar-refractivity contribution in [2.24, 2.45) is 0 Å². The van der Waals surface area contributed by atoms with Crippen LogP contribution in [-0.4, -0.2) is 119 Å². The third kappa shape index (κ3) is 5.49. The second-order valence-electron chi connectivity index (χ2n) is 10.1. The number of ether oxygens (including phenoxy) is 4. The molecule has 2 aliphatic heterocycles. The zero-order chi connectivity index (χ0) is 30.5. The summed E-state index contributed by atoms with van der Waals surface area (Å²) in [5.74, 6) is -1.77. The van der Waals surface area contributed by atoms with Gasteiger partial charge in [-0.05, 0) is 19.1 Å². The topological polar surface area (TPSA) is 251 Å². The van der Waals surface area contributed by atoms with E-state index < -0.39 is 79.5 Å². The molecule has 228 valence electrons. The Balaban J connectivity index is 1.43. The number of benzene rings is 2. The summed E-state index contributed by atoms with van der Waals surface area (Å²) in [6, 6.07) is 7.34. The average molecular weight is 596 g/mol. The summed E-state index contributed by atoms with van der Waals surface area (Å²) in [6.45, 7) is 0.758. The molecule has 0 saturated carbocycles. The number of aromatic hydroxyl groups is 4. The Morgan fingerprint density at radius 1 is 0.762 bits per heavy atom. The molecule has 15 nitrogen and oxygen atoms in total. The summed E-state index contributed by atoms with van der Waals surface area (Å²) < 4.78 is 28.5. The van der Waals surface area contributed by atoms with E-state index in [4.69, 9.17) is 23.4 Å². The fourth-order valence-electron chi connectivity index (χ4n) is 4.89. The fourth-order valence-corrected chi connectivity index (χ4v) is 4.89. The number of rotatable bonds is 6. The summed E-state index contributed by atoms with van der Waals surface area (Å²) >= 11 is 0. The second kappa shape index (κ2) is 11.6. The quantitative estimate of drug-likeness (QED) is 0.124. The van der Waals surface area contributed by atoms with Gasteiger partial charge in [0.1, 0.15) is 59.6 Å². The highest BCUT2D eigenvalue weighted by molar-refractivity contribution is 5.88. The molecule has 5 rings (SSSR count). The van der Waals surface area contributed by atoms with Crippen LogP contribution >= 0.6 is 0 Å². The van der Waals surface area contributed by atoms with Crippen molar-refractivity contribution in [3.63, 3.8) is 0 Å². The highest BCUT2D eigenvalue weighted by atomic mass is 16.7. The van der Waals surface area contributed by atoms with Gasteiger partial charge in [0, 0.05) is 18.2 Å². The molecule has 0 amide bonds. The Morgan fingerprint density at radius 3 is 2.17 bits per heavy atom. The van der Waals surface area contributed by atoms with E-state index in [2.05, 4.69) is 0 Å². The molecule has 0 radical (unpaired) electrons. The summed E-state index contributed by atoms with van der Waals surface area (Å²) in [5, 5.41) is 102.